The van der Waals surface area contributed by atoms with Gasteiger partial charge in [-0.2, -0.15) is 5.10 Å². The molecule has 0 bridgehead atoms. The molecule has 7 nitrogen and oxygen atoms in total. The lowest BCUT2D eigenvalue weighted by Crippen LogP contribution is -2.40. The Balaban J connectivity index is 1.21. The maximum Gasteiger partial charge on any atom is 0.241 e. The van der Waals surface area contributed by atoms with Gasteiger partial charge in [0.1, 0.15) is 5.75 Å². The molecular weight excluding hydrogens is 354 g/mol. The molecule has 4 rings (SSSR count). The molecule has 0 saturated heterocycles. The van der Waals surface area contributed by atoms with Crippen LogP contribution in [0.5, 0.6) is 5.75 Å². The number of rotatable bonds is 7. The second kappa shape index (κ2) is 8.32. The number of unbranched alkanes of at least 4 members (excludes halogenated alkanes) is 1. The van der Waals surface area contributed by atoms with E-state index in [0.29, 0.717) is 13.0 Å². The van der Waals surface area contributed by atoms with Gasteiger partial charge in [-0.1, -0.05) is 6.07 Å². The summed E-state index contributed by atoms with van der Waals surface area (Å²) in [5.74, 6) is 6.61. The Labute approximate surface area is 166 Å². The average molecular weight is 383 g/mol. The molecule has 2 aromatic rings. The summed E-state index contributed by atoms with van der Waals surface area (Å²) in [6.45, 7) is 6.89. The number of nitrogens with zero attached hydrogens (tertiary/aromatic N) is 4. The minimum absolute atomic E-state index is 0.0428. The molecule has 0 saturated carbocycles. The number of carbonyl (C=O) groups is 1. The van der Waals surface area contributed by atoms with Gasteiger partial charge in [0.15, 0.2) is 0 Å². The minimum atomic E-state index is -0.0428. The molecule has 1 aromatic carbocycles. The third-order valence-corrected chi connectivity index (χ3v) is 5.64. The highest BCUT2D eigenvalue weighted by Crippen LogP contribution is 2.29. The zero-order chi connectivity index (χ0) is 19.5. The van der Waals surface area contributed by atoms with E-state index in [9.17, 15) is 4.79 Å². The number of hydrogen-bond acceptors (Lipinski definition) is 5. The molecule has 1 aromatic heterocycles. The first-order chi connectivity index (χ1) is 13.6. The van der Waals surface area contributed by atoms with E-state index in [1.165, 1.54) is 16.3 Å². The van der Waals surface area contributed by atoms with Crippen molar-refractivity contribution in [1.29, 1.82) is 0 Å². The van der Waals surface area contributed by atoms with Crippen LogP contribution in [0.25, 0.3) is 0 Å². The summed E-state index contributed by atoms with van der Waals surface area (Å²) in [5.41, 5.74) is 4.51. The number of amides is 1. The van der Waals surface area contributed by atoms with Gasteiger partial charge in [0.2, 0.25) is 5.91 Å². The molecule has 2 aliphatic heterocycles. The van der Waals surface area contributed by atoms with Crippen LogP contribution in [-0.2, 0) is 30.7 Å². The van der Waals surface area contributed by atoms with Crippen molar-refractivity contribution < 1.29 is 9.53 Å². The van der Waals surface area contributed by atoms with Crippen LogP contribution in [0.15, 0.2) is 24.4 Å². The maximum absolute atomic E-state index is 11.8. The van der Waals surface area contributed by atoms with Crippen molar-refractivity contribution in [2.24, 2.45) is 5.84 Å². The number of carbonyl (C=O) groups excluding carboxylic acids is 1. The van der Waals surface area contributed by atoms with Crippen LogP contribution in [0.4, 0.5) is 5.69 Å². The predicted molar refractivity (Wildman–Crippen MR) is 108 cm³/mol. The number of aromatic nitrogens is 2. The molecule has 0 radical (unpaired) electrons. The van der Waals surface area contributed by atoms with Gasteiger partial charge in [-0.3, -0.25) is 14.4 Å². The topological polar surface area (TPSA) is 76.6 Å². The van der Waals surface area contributed by atoms with E-state index < -0.39 is 0 Å². The zero-order valence-corrected chi connectivity index (χ0v) is 16.6. The van der Waals surface area contributed by atoms with Crippen LogP contribution >= 0.6 is 0 Å². The molecule has 2 aliphatic rings. The van der Waals surface area contributed by atoms with Gasteiger partial charge in [0, 0.05) is 50.3 Å². The Morgan fingerprint density at radius 2 is 2.07 bits per heavy atom. The molecule has 7 heteroatoms. The molecule has 0 spiro atoms. The summed E-state index contributed by atoms with van der Waals surface area (Å²) in [6.07, 6.45) is 6.55. The molecular formula is C21H29N5O2. The second-order valence-corrected chi connectivity index (χ2v) is 7.59. The highest BCUT2D eigenvalue weighted by molar-refractivity contribution is 5.95. The van der Waals surface area contributed by atoms with Crippen LogP contribution < -0.4 is 15.6 Å². The first-order valence-electron chi connectivity index (χ1n) is 10.2. The van der Waals surface area contributed by atoms with E-state index in [1.807, 2.05) is 22.9 Å². The normalized spacial score (nSPS) is 16.8. The van der Waals surface area contributed by atoms with Crippen molar-refractivity contribution in [3.05, 3.63) is 41.2 Å². The Kier molecular flexibility index (Phi) is 5.64. The smallest absolute Gasteiger partial charge is 0.241 e. The summed E-state index contributed by atoms with van der Waals surface area (Å²) in [6, 6.07) is 5.86. The van der Waals surface area contributed by atoms with Gasteiger partial charge in [-0.05, 0) is 44.4 Å². The number of hydrazine groups is 1. The minimum Gasteiger partial charge on any atom is -0.494 e. The van der Waals surface area contributed by atoms with E-state index in [2.05, 4.69) is 23.1 Å². The van der Waals surface area contributed by atoms with E-state index in [4.69, 9.17) is 10.6 Å². The van der Waals surface area contributed by atoms with Crippen molar-refractivity contribution >= 4 is 11.6 Å². The Bertz CT molecular complexity index is 847. The first kappa shape index (κ1) is 19.0. The van der Waals surface area contributed by atoms with Gasteiger partial charge < -0.3 is 4.74 Å². The van der Waals surface area contributed by atoms with Crippen LogP contribution in [0.1, 0.15) is 43.0 Å². The fraction of sp³-hybridized carbons (Fsp3) is 0.524. The van der Waals surface area contributed by atoms with Gasteiger partial charge in [0.05, 0.1) is 18.0 Å². The van der Waals surface area contributed by atoms with Gasteiger partial charge in [-0.25, -0.2) is 10.9 Å². The van der Waals surface area contributed by atoms with Gasteiger partial charge in [-0.15, -0.1) is 0 Å². The van der Waals surface area contributed by atoms with E-state index in [1.54, 1.807) is 0 Å². The number of anilines is 1. The average Bonchev–Trinajstić information content (AvgIpc) is 3.13. The zero-order valence-electron chi connectivity index (χ0n) is 16.6. The van der Waals surface area contributed by atoms with Crippen LogP contribution in [0.3, 0.4) is 0 Å². The van der Waals surface area contributed by atoms with E-state index in [0.717, 1.165) is 68.9 Å². The lowest BCUT2D eigenvalue weighted by atomic mass is 10.0. The largest absolute Gasteiger partial charge is 0.494 e. The number of ether oxygens (including phenoxy) is 1. The summed E-state index contributed by atoms with van der Waals surface area (Å²) in [7, 11) is 0. The van der Waals surface area contributed by atoms with Gasteiger partial charge >= 0.3 is 0 Å². The van der Waals surface area contributed by atoms with Crippen molar-refractivity contribution in [3.8, 4) is 5.75 Å². The van der Waals surface area contributed by atoms with E-state index in [-0.39, 0.29) is 5.91 Å². The van der Waals surface area contributed by atoms with Crippen LogP contribution in [0, 0.1) is 0 Å². The lowest BCUT2D eigenvalue weighted by molar-refractivity contribution is -0.119. The standard InChI is InChI=1S/C21H29N5O2/c1-2-25-15-17-14-24(11-9-19(17)23-25)10-3-4-12-28-18-7-5-16-6-8-21(27)26(22)20(16)13-18/h5,7,13,15H,2-4,6,8-12,14,22H2,1H3. The van der Waals surface area contributed by atoms with Crippen molar-refractivity contribution in [1.82, 2.24) is 14.7 Å². The second-order valence-electron chi connectivity index (χ2n) is 7.59. The molecule has 2 N–H and O–H groups in total. The summed E-state index contributed by atoms with van der Waals surface area (Å²) in [5, 5.41) is 5.87. The Morgan fingerprint density at radius 1 is 1.18 bits per heavy atom. The molecule has 150 valence electrons. The third kappa shape index (κ3) is 4.05. The lowest BCUT2D eigenvalue weighted by Gasteiger charge is -2.26. The molecule has 0 atom stereocenters. The fourth-order valence-corrected chi connectivity index (χ4v) is 3.98. The van der Waals surface area contributed by atoms with Crippen molar-refractivity contribution in [3.63, 3.8) is 0 Å². The quantitative estimate of drug-likeness (QED) is 0.451. The monoisotopic (exact) mass is 383 g/mol. The Hall–Kier alpha value is -2.38. The number of benzene rings is 1. The first-order valence-corrected chi connectivity index (χ1v) is 10.2. The van der Waals surface area contributed by atoms with Crippen LogP contribution in [0.2, 0.25) is 0 Å². The number of nitrogens with two attached hydrogens (primary N) is 1. The molecule has 0 aliphatic carbocycles. The number of aryl methyl sites for hydroxylation is 2. The van der Waals surface area contributed by atoms with Crippen LogP contribution in [-0.4, -0.2) is 40.3 Å². The number of hydrogen-bond donors (Lipinski definition) is 1. The third-order valence-electron chi connectivity index (χ3n) is 5.64. The highest BCUT2D eigenvalue weighted by Gasteiger charge is 2.22. The SMILES string of the molecule is CCn1cc2c(n1)CCN(CCCCOc1ccc3c(c1)N(N)C(=O)CC3)C2. The molecule has 28 heavy (non-hydrogen) atoms. The maximum atomic E-state index is 11.8. The summed E-state index contributed by atoms with van der Waals surface area (Å²) < 4.78 is 7.93. The van der Waals surface area contributed by atoms with Gasteiger partial charge in [0.25, 0.3) is 0 Å². The predicted octanol–water partition coefficient (Wildman–Crippen LogP) is 2.27. The fourth-order valence-electron chi connectivity index (χ4n) is 3.98. The summed E-state index contributed by atoms with van der Waals surface area (Å²) >= 11 is 0. The highest BCUT2D eigenvalue weighted by atomic mass is 16.5. The molecule has 0 unspecified atom stereocenters. The molecule has 0 fully saturated rings. The molecule has 3 heterocycles. The Morgan fingerprint density at radius 3 is 2.93 bits per heavy atom. The summed E-state index contributed by atoms with van der Waals surface area (Å²) in [4.78, 5) is 14.3. The van der Waals surface area contributed by atoms with E-state index >= 15 is 0 Å². The van der Waals surface area contributed by atoms with Crippen molar-refractivity contribution in [2.75, 3.05) is 24.7 Å². The molecule has 1 amide bonds. The number of fused-ring (bicyclic) bond motifs is 2. The van der Waals surface area contributed by atoms with Crippen molar-refractivity contribution in [2.45, 2.75) is 52.1 Å².